The van der Waals surface area contributed by atoms with Gasteiger partial charge in [-0.2, -0.15) is 0 Å². The van der Waals surface area contributed by atoms with Crippen molar-refractivity contribution in [2.75, 3.05) is 13.3 Å². The highest BCUT2D eigenvalue weighted by Crippen LogP contribution is 2.21. The lowest BCUT2D eigenvalue weighted by atomic mass is 10.2. The summed E-state index contributed by atoms with van der Waals surface area (Å²) in [6.45, 7) is 2.04. The van der Waals surface area contributed by atoms with Gasteiger partial charge in [-0.3, -0.25) is 0 Å². The largest absolute Gasteiger partial charge is 0.311 e. The maximum atomic E-state index is 11.0. The molecule has 86 valence electrons. The van der Waals surface area contributed by atoms with Gasteiger partial charge in [-0.25, -0.2) is 8.42 Å². The third-order valence-electron chi connectivity index (χ3n) is 1.92. The molecule has 7 heteroatoms. The minimum atomic E-state index is -3.02. The molecule has 0 aromatic carbocycles. The van der Waals surface area contributed by atoms with Crippen molar-refractivity contribution in [1.29, 1.82) is 0 Å². The van der Waals surface area contributed by atoms with E-state index >= 15 is 0 Å². The fourth-order valence-corrected chi connectivity index (χ4v) is 3.41. The van der Waals surface area contributed by atoms with Crippen molar-refractivity contribution in [2.45, 2.75) is 25.1 Å². The summed E-state index contributed by atoms with van der Waals surface area (Å²) in [6, 6.07) is 0.163. The van der Waals surface area contributed by atoms with Crippen molar-refractivity contribution in [1.82, 2.24) is 15.5 Å². The molecule has 1 aromatic rings. The van der Waals surface area contributed by atoms with Crippen LogP contribution in [0.3, 0.4) is 0 Å². The Bertz CT molecular complexity index is 409. The smallest absolute Gasteiger partial charge is 0.154 e. The lowest BCUT2D eigenvalue weighted by Crippen LogP contribution is -2.14. The summed E-state index contributed by atoms with van der Waals surface area (Å²) in [5, 5.41) is 12.4. The van der Waals surface area contributed by atoms with Gasteiger partial charge in [0.25, 0.3) is 0 Å². The van der Waals surface area contributed by atoms with E-state index in [4.69, 9.17) is 0 Å². The second kappa shape index (κ2) is 5.00. The highest BCUT2D eigenvalue weighted by atomic mass is 32.2. The van der Waals surface area contributed by atoms with E-state index in [1.807, 2.05) is 14.0 Å². The summed E-state index contributed by atoms with van der Waals surface area (Å²) < 4.78 is 22.1. The van der Waals surface area contributed by atoms with Crippen LogP contribution in [0.2, 0.25) is 0 Å². The van der Waals surface area contributed by atoms with Crippen LogP contribution in [-0.2, 0) is 15.6 Å². The summed E-state index contributed by atoms with van der Waals surface area (Å²) in [5.74, 6) is -0.0230. The number of sulfone groups is 1. The zero-order valence-corrected chi connectivity index (χ0v) is 10.7. The number of hydrogen-bond acceptors (Lipinski definition) is 6. The molecule has 0 aliphatic rings. The molecule has 0 aliphatic heterocycles. The minimum Gasteiger partial charge on any atom is -0.311 e. The summed E-state index contributed by atoms with van der Waals surface area (Å²) in [4.78, 5) is 0. The second-order valence-electron chi connectivity index (χ2n) is 3.35. The number of aromatic nitrogens is 2. The molecule has 0 amide bonds. The minimum absolute atomic E-state index is 0.0230. The standard InChI is InChI=1S/C8H15N3O2S2/c1-4-6(9-2)8-11-10-7(14-8)5-15(3,12)13/h6,9H,4-5H2,1-3H3. The highest BCUT2D eigenvalue weighted by Gasteiger charge is 2.15. The van der Waals surface area contributed by atoms with Crippen LogP contribution in [0.15, 0.2) is 0 Å². The summed E-state index contributed by atoms with van der Waals surface area (Å²) in [6.07, 6.45) is 2.10. The van der Waals surface area contributed by atoms with E-state index in [1.54, 1.807) is 0 Å². The molecule has 1 heterocycles. The molecule has 0 radical (unpaired) electrons. The van der Waals surface area contributed by atoms with Crippen LogP contribution in [0.5, 0.6) is 0 Å². The van der Waals surface area contributed by atoms with E-state index in [0.29, 0.717) is 5.01 Å². The van der Waals surface area contributed by atoms with Gasteiger partial charge < -0.3 is 5.32 Å². The van der Waals surface area contributed by atoms with Crippen molar-refractivity contribution >= 4 is 21.2 Å². The van der Waals surface area contributed by atoms with Crippen LogP contribution in [0.4, 0.5) is 0 Å². The Morgan fingerprint density at radius 1 is 1.47 bits per heavy atom. The first-order chi connectivity index (χ1) is 6.96. The molecule has 0 saturated carbocycles. The summed E-state index contributed by atoms with van der Waals surface area (Å²) in [7, 11) is -1.16. The molecular formula is C8H15N3O2S2. The normalized spacial score (nSPS) is 14.1. The average Bonchev–Trinajstić information content (AvgIpc) is 2.52. The predicted octanol–water partition coefficient (Wildman–Crippen LogP) is 0.753. The van der Waals surface area contributed by atoms with Gasteiger partial charge in [0, 0.05) is 6.26 Å². The van der Waals surface area contributed by atoms with E-state index in [9.17, 15) is 8.42 Å². The molecule has 0 fully saturated rings. The van der Waals surface area contributed by atoms with Crippen molar-refractivity contribution in [3.05, 3.63) is 10.0 Å². The molecule has 0 spiro atoms. The summed E-state index contributed by atoms with van der Waals surface area (Å²) >= 11 is 1.35. The molecule has 5 nitrogen and oxygen atoms in total. The number of rotatable bonds is 5. The fraction of sp³-hybridized carbons (Fsp3) is 0.750. The summed E-state index contributed by atoms with van der Waals surface area (Å²) in [5.41, 5.74) is 0. The van der Waals surface area contributed by atoms with Crippen LogP contribution in [0, 0.1) is 0 Å². The number of nitrogens with zero attached hydrogens (tertiary/aromatic N) is 2. The molecule has 0 saturated heterocycles. The van der Waals surface area contributed by atoms with E-state index in [0.717, 1.165) is 11.4 Å². The molecule has 0 aliphatic carbocycles. The molecule has 15 heavy (non-hydrogen) atoms. The number of hydrogen-bond donors (Lipinski definition) is 1. The van der Waals surface area contributed by atoms with Crippen LogP contribution in [0.25, 0.3) is 0 Å². The first-order valence-corrected chi connectivity index (χ1v) is 7.51. The quantitative estimate of drug-likeness (QED) is 0.834. The predicted molar refractivity (Wildman–Crippen MR) is 60.5 cm³/mol. The maximum absolute atomic E-state index is 11.0. The van der Waals surface area contributed by atoms with Crippen LogP contribution in [0.1, 0.15) is 29.4 Å². The van der Waals surface area contributed by atoms with Crippen LogP contribution >= 0.6 is 11.3 Å². The van der Waals surface area contributed by atoms with E-state index in [1.165, 1.54) is 17.6 Å². The molecule has 1 unspecified atom stereocenters. The zero-order chi connectivity index (χ0) is 11.5. The van der Waals surface area contributed by atoms with Crippen molar-refractivity contribution in [3.63, 3.8) is 0 Å². The van der Waals surface area contributed by atoms with Gasteiger partial charge in [0.05, 0.1) is 6.04 Å². The van der Waals surface area contributed by atoms with Gasteiger partial charge in [-0.1, -0.05) is 18.3 Å². The highest BCUT2D eigenvalue weighted by molar-refractivity contribution is 7.90. The molecule has 0 bridgehead atoms. The van der Waals surface area contributed by atoms with E-state index in [2.05, 4.69) is 15.5 Å². The van der Waals surface area contributed by atoms with Gasteiger partial charge >= 0.3 is 0 Å². The van der Waals surface area contributed by atoms with Crippen molar-refractivity contribution in [2.24, 2.45) is 0 Å². The van der Waals surface area contributed by atoms with Gasteiger partial charge in [0.15, 0.2) is 9.84 Å². The average molecular weight is 249 g/mol. The third kappa shape index (κ3) is 3.84. The van der Waals surface area contributed by atoms with Crippen molar-refractivity contribution < 1.29 is 8.42 Å². The third-order valence-corrected chi connectivity index (χ3v) is 3.94. The molecule has 1 aromatic heterocycles. The first kappa shape index (κ1) is 12.5. The molecule has 1 atom stereocenters. The molecule has 1 N–H and O–H groups in total. The molecule has 1 rings (SSSR count). The van der Waals surface area contributed by atoms with Gasteiger partial charge in [0.2, 0.25) is 0 Å². The second-order valence-corrected chi connectivity index (χ2v) is 6.59. The Kier molecular flexibility index (Phi) is 4.18. The fourth-order valence-electron chi connectivity index (χ4n) is 1.19. The Morgan fingerprint density at radius 3 is 2.60 bits per heavy atom. The lowest BCUT2D eigenvalue weighted by molar-refractivity contribution is 0.568. The monoisotopic (exact) mass is 249 g/mol. The maximum Gasteiger partial charge on any atom is 0.154 e. The molecular weight excluding hydrogens is 234 g/mol. The first-order valence-electron chi connectivity index (χ1n) is 4.63. The van der Waals surface area contributed by atoms with Gasteiger partial charge in [-0.05, 0) is 13.5 Å². The van der Waals surface area contributed by atoms with Crippen LogP contribution < -0.4 is 5.32 Å². The SMILES string of the molecule is CCC(NC)c1nnc(CS(C)(=O)=O)s1. The Balaban J connectivity index is 2.80. The number of nitrogens with one attached hydrogen (secondary N) is 1. The Labute approximate surface area is 93.8 Å². The Hall–Kier alpha value is -0.530. The van der Waals surface area contributed by atoms with Crippen LogP contribution in [-0.4, -0.2) is 31.9 Å². The van der Waals surface area contributed by atoms with Gasteiger partial charge in [-0.15, -0.1) is 10.2 Å². The topological polar surface area (TPSA) is 72.0 Å². The van der Waals surface area contributed by atoms with E-state index < -0.39 is 9.84 Å². The lowest BCUT2D eigenvalue weighted by Gasteiger charge is -2.07. The van der Waals surface area contributed by atoms with E-state index in [-0.39, 0.29) is 11.8 Å². The van der Waals surface area contributed by atoms with Crippen molar-refractivity contribution in [3.8, 4) is 0 Å². The zero-order valence-electron chi connectivity index (χ0n) is 9.02. The Morgan fingerprint density at radius 2 is 2.13 bits per heavy atom. The van der Waals surface area contributed by atoms with Gasteiger partial charge in [0.1, 0.15) is 15.8 Å².